The summed E-state index contributed by atoms with van der Waals surface area (Å²) < 4.78 is 5.62. The number of nitrogens with one attached hydrogen (secondary N) is 1. The zero-order chi connectivity index (χ0) is 14.2. The number of nitrogens with zero attached hydrogens (tertiary/aromatic N) is 1. The first-order valence-electron chi connectivity index (χ1n) is 6.41. The highest BCUT2D eigenvalue weighted by molar-refractivity contribution is 6.30. The third kappa shape index (κ3) is 5.76. The maximum atomic E-state index is 6.03. The molecule has 0 aliphatic carbocycles. The lowest BCUT2D eigenvalue weighted by atomic mass is 10.2. The van der Waals surface area contributed by atoms with E-state index in [0.717, 1.165) is 23.4 Å². The second kappa shape index (κ2) is 9.40. The van der Waals surface area contributed by atoms with Crippen LogP contribution in [0.1, 0.15) is 11.1 Å². The van der Waals surface area contributed by atoms with Gasteiger partial charge in [-0.1, -0.05) is 30.3 Å². The van der Waals surface area contributed by atoms with Crippen LogP contribution in [0.25, 0.3) is 0 Å². The molecular formula is C16H18Cl2N2O. The molecule has 0 atom stereocenters. The van der Waals surface area contributed by atoms with E-state index in [4.69, 9.17) is 16.3 Å². The predicted octanol–water partition coefficient (Wildman–Crippen LogP) is 4.01. The molecule has 0 saturated carbocycles. The molecule has 2 rings (SSSR count). The molecule has 112 valence electrons. The topological polar surface area (TPSA) is 34.1 Å². The second-order valence-electron chi connectivity index (χ2n) is 4.32. The summed E-state index contributed by atoms with van der Waals surface area (Å²) in [5.74, 6) is 0.827. The van der Waals surface area contributed by atoms with Crippen LogP contribution in [0.5, 0.6) is 5.75 Å². The van der Waals surface area contributed by atoms with Crippen molar-refractivity contribution < 1.29 is 4.74 Å². The zero-order valence-electron chi connectivity index (χ0n) is 11.6. The van der Waals surface area contributed by atoms with Crippen LogP contribution in [0.15, 0.2) is 55.4 Å². The fraction of sp³-hybridized carbons (Fsp3) is 0.188. The number of pyridine rings is 1. The van der Waals surface area contributed by atoms with Gasteiger partial charge in [-0.3, -0.25) is 4.98 Å². The molecular weight excluding hydrogens is 307 g/mol. The molecule has 3 nitrogen and oxygen atoms in total. The number of halogens is 2. The highest BCUT2D eigenvalue weighted by Crippen LogP contribution is 2.23. The summed E-state index contributed by atoms with van der Waals surface area (Å²) in [5.41, 5.74) is 2.17. The van der Waals surface area contributed by atoms with Gasteiger partial charge >= 0.3 is 0 Å². The minimum atomic E-state index is 0. The first kappa shape index (κ1) is 17.5. The number of hydrogen-bond acceptors (Lipinski definition) is 3. The van der Waals surface area contributed by atoms with Crippen molar-refractivity contribution >= 4 is 24.0 Å². The standard InChI is InChI=1S/C16H17ClN2O.ClH/c1-2-8-20-16-6-5-15(17)9-14(16)12-19-11-13-4-3-7-18-10-13;/h2-7,9-10,19H,1,8,11-12H2;1H. The van der Waals surface area contributed by atoms with Crippen molar-refractivity contribution in [2.75, 3.05) is 6.61 Å². The van der Waals surface area contributed by atoms with Gasteiger partial charge in [0.25, 0.3) is 0 Å². The Kier molecular flexibility index (Phi) is 7.83. The number of rotatable bonds is 7. The van der Waals surface area contributed by atoms with Gasteiger partial charge in [-0.25, -0.2) is 0 Å². The van der Waals surface area contributed by atoms with Gasteiger partial charge in [0.1, 0.15) is 12.4 Å². The summed E-state index contributed by atoms with van der Waals surface area (Å²) in [5, 5.41) is 4.06. The molecule has 2 aromatic rings. The van der Waals surface area contributed by atoms with E-state index < -0.39 is 0 Å². The molecule has 5 heteroatoms. The minimum absolute atomic E-state index is 0. The number of benzene rings is 1. The van der Waals surface area contributed by atoms with E-state index in [1.165, 1.54) is 0 Å². The molecule has 0 spiro atoms. The Morgan fingerprint density at radius 3 is 2.86 bits per heavy atom. The number of hydrogen-bond donors (Lipinski definition) is 1. The Hall–Kier alpha value is -1.55. The molecule has 0 saturated heterocycles. The molecule has 1 heterocycles. The summed E-state index contributed by atoms with van der Waals surface area (Å²) in [4.78, 5) is 4.09. The fourth-order valence-electron chi connectivity index (χ4n) is 1.82. The fourth-order valence-corrected chi connectivity index (χ4v) is 2.01. The van der Waals surface area contributed by atoms with Crippen LogP contribution in [-0.2, 0) is 13.1 Å². The Morgan fingerprint density at radius 1 is 1.29 bits per heavy atom. The molecule has 0 bridgehead atoms. The predicted molar refractivity (Wildman–Crippen MR) is 89.2 cm³/mol. The van der Waals surface area contributed by atoms with E-state index in [-0.39, 0.29) is 12.4 Å². The van der Waals surface area contributed by atoms with Crippen LogP contribution in [0, 0.1) is 0 Å². The maximum Gasteiger partial charge on any atom is 0.124 e. The Balaban J connectivity index is 0.00000220. The third-order valence-electron chi connectivity index (χ3n) is 2.75. The second-order valence-corrected chi connectivity index (χ2v) is 4.75. The Labute approximate surface area is 136 Å². The summed E-state index contributed by atoms with van der Waals surface area (Å²) in [6.45, 7) is 5.57. The number of ether oxygens (including phenoxy) is 1. The maximum absolute atomic E-state index is 6.03. The van der Waals surface area contributed by atoms with Crippen molar-refractivity contribution in [3.63, 3.8) is 0 Å². The molecule has 1 aromatic carbocycles. The SMILES string of the molecule is C=CCOc1ccc(Cl)cc1CNCc1cccnc1.Cl. The van der Waals surface area contributed by atoms with E-state index in [1.54, 1.807) is 12.3 Å². The smallest absolute Gasteiger partial charge is 0.124 e. The zero-order valence-corrected chi connectivity index (χ0v) is 13.2. The van der Waals surface area contributed by atoms with E-state index >= 15 is 0 Å². The van der Waals surface area contributed by atoms with Crippen LogP contribution in [0.3, 0.4) is 0 Å². The molecule has 0 amide bonds. The van der Waals surface area contributed by atoms with Crippen LogP contribution >= 0.6 is 24.0 Å². The quantitative estimate of drug-likeness (QED) is 0.781. The van der Waals surface area contributed by atoms with Crippen molar-refractivity contribution in [1.82, 2.24) is 10.3 Å². The van der Waals surface area contributed by atoms with E-state index in [0.29, 0.717) is 18.2 Å². The molecule has 0 aliphatic rings. The lowest BCUT2D eigenvalue weighted by molar-refractivity contribution is 0.358. The highest BCUT2D eigenvalue weighted by atomic mass is 35.5. The molecule has 0 radical (unpaired) electrons. The largest absolute Gasteiger partial charge is 0.489 e. The van der Waals surface area contributed by atoms with E-state index in [9.17, 15) is 0 Å². The lowest BCUT2D eigenvalue weighted by Crippen LogP contribution is -2.13. The third-order valence-corrected chi connectivity index (χ3v) is 2.98. The van der Waals surface area contributed by atoms with Crippen LogP contribution in [-0.4, -0.2) is 11.6 Å². The first-order chi connectivity index (χ1) is 9.79. The van der Waals surface area contributed by atoms with Gasteiger partial charge in [0.15, 0.2) is 0 Å². The highest BCUT2D eigenvalue weighted by Gasteiger charge is 2.04. The van der Waals surface area contributed by atoms with Gasteiger partial charge in [0, 0.05) is 36.1 Å². The Bertz CT molecular complexity index is 561. The van der Waals surface area contributed by atoms with Gasteiger partial charge in [-0.05, 0) is 29.8 Å². The molecule has 0 fully saturated rings. The molecule has 1 aromatic heterocycles. The van der Waals surface area contributed by atoms with E-state index in [1.807, 2.05) is 36.5 Å². The van der Waals surface area contributed by atoms with Crippen molar-refractivity contribution in [3.05, 3.63) is 71.5 Å². The monoisotopic (exact) mass is 324 g/mol. The summed E-state index contributed by atoms with van der Waals surface area (Å²) in [6.07, 6.45) is 5.34. The van der Waals surface area contributed by atoms with Gasteiger partial charge < -0.3 is 10.1 Å². The Morgan fingerprint density at radius 2 is 2.14 bits per heavy atom. The van der Waals surface area contributed by atoms with Crippen molar-refractivity contribution in [2.45, 2.75) is 13.1 Å². The van der Waals surface area contributed by atoms with Gasteiger partial charge in [-0.15, -0.1) is 12.4 Å². The minimum Gasteiger partial charge on any atom is -0.489 e. The van der Waals surface area contributed by atoms with Gasteiger partial charge in [0.05, 0.1) is 0 Å². The normalized spacial score (nSPS) is 9.76. The van der Waals surface area contributed by atoms with Crippen LogP contribution < -0.4 is 10.1 Å². The van der Waals surface area contributed by atoms with Crippen molar-refractivity contribution in [1.29, 1.82) is 0 Å². The van der Waals surface area contributed by atoms with Crippen molar-refractivity contribution in [2.24, 2.45) is 0 Å². The van der Waals surface area contributed by atoms with Crippen LogP contribution in [0.4, 0.5) is 0 Å². The molecule has 21 heavy (non-hydrogen) atoms. The summed E-state index contributed by atoms with van der Waals surface area (Å²) in [7, 11) is 0. The summed E-state index contributed by atoms with van der Waals surface area (Å²) >= 11 is 6.03. The van der Waals surface area contributed by atoms with Gasteiger partial charge in [-0.2, -0.15) is 0 Å². The molecule has 1 N–H and O–H groups in total. The first-order valence-corrected chi connectivity index (χ1v) is 6.79. The van der Waals surface area contributed by atoms with E-state index in [2.05, 4.69) is 16.9 Å². The lowest BCUT2D eigenvalue weighted by Gasteiger charge is -2.11. The van der Waals surface area contributed by atoms with Gasteiger partial charge in [0.2, 0.25) is 0 Å². The molecule has 0 unspecified atom stereocenters. The average molecular weight is 325 g/mol. The summed E-state index contributed by atoms with van der Waals surface area (Å²) in [6, 6.07) is 9.58. The molecule has 0 aliphatic heterocycles. The van der Waals surface area contributed by atoms with Crippen molar-refractivity contribution in [3.8, 4) is 5.75 Å². The number of aromatic nitrogens is 1. The average Bonchev–Trinajstić information content (AvgIpc) is 2.47. The van der Waals surface area contributed by atoms with Crippen LogP contribution in [0.2, 0.25) is 5.02 Å².